The molecule has 0 aromatic heterocycles. The second kappa shape index (κ2) is 16.1. The minimum Gasteiger partial charge on any atom is -1.00 e. The van der Waals surface area contributed by atoms with Crippen LogP contribution in [0.1, 0.15) is 107 Å². The van der Waals surface area contributed by atoms with Crippen LogP contribution in [-0.4, -0.2) is 3.21 Å². The Morgan fingerprint density at radius 3 is 1.29 bits per heavy atom. The van der Waals surface area contributed by atoms with Crippen LogP contribution >= 0.6 is 69.6 Å². The Morgan fingerprint density at radius 2 is 0.981 bits per heavy atom. The number of hydrogen-bond donors (Lipinski definition) is 0. The molecule has 0 saturated heterocycles. The number of rotatable bonds is 4. The Morgan fingerprint density at radius 1 is 0.596 bits per heavy atom. The standard InChI is InChI=1S/C23H29.C15H8Cl6.C5H5.2ClH.Zr/c1-14-9-16-11-17-10-15(2)21(23(6,7)8)13-19(17)18(16)12-20(14)22(3,4)5;16-14(17,18)12-5-1-10(2-6-12)9-11-3-7-13(8-4-11)15(19,20)21;1-2-4-5-3-1;;;/h9-13H,1-8H3;1-8H;1-3H,4H2;2*1H;/q;;;;;+2/p-2. The zero-order valence-electron chi connectivity index (χ0n) is 30.5. The van der Waals surface area contributed by atoms with Crippen LogP contribution in [0.3, 0.4) is 0 Å². The van der Waals surface area contributed by atoms with Gasteiger partial charge in [0.05, 0.1) is 0 Å². The number of benzene rings is 4. The molecule has 0 N–H and O–H groups in total. The van der Waals surface area contributed by atoms with E-state index in [2.05, 4.69) is 122 Å². The molecule has 6 rings (SSSR count). The SMILES string of the molecule is Cc1cc2c(cc1C(C)(C)C)-c1cc(C(C)(C)C)c(C)cc1[CH]2[Zr+2]([C]1=CC=CC1)=[C](c1ccc(C(Cl)(Cl)Cl)cc1)c1ccc(C(Cl)(Cl)Cl)cc1.[Cl-].[Cl-]. The normalized spacial score (nSPS) is 14.1. The van der Waals surface area contributed by atoms with Gasteiger partial charge in [0.2, 0.25) is 0 Å². The van der Waals surface area contributed by atoms with Gasteiger partial charge in [0, 0.05) is 0 Å². The van der Waals surface area contributed by atoms with Crippen LogP contribution in [0.25, 0.3) is 11.1 Å². The maximum atomic E-state index is 6.35. The molecular weight excluding hydrogens is 891 g/mol. The third-order valence-corrected chi connectivity index (χ3v) is 19.6. The molecule has 0 amide bonds. The summed E-state index contributed by atoms with van der Waals surface area (Å²) in [6, 6.07) is 26.3. The maximum Gasteiger partial charge on any atom is -1.00 e. The largest absolute Gasteiger partial charge is 1.00 e. The van der Waals surface area contributed by atoms with Crippen molar-refractivity contribution in [2.45, 2.75) is 83.9 Å². The minimum atomic E-state index is -3.01. The summed E-state index contributed by atoms with van der Waals surface area (Å²) in [6.07, 6.45) is 7.84. The van der Waals surface area contributed by atoms with Gasteiger partial charge in [0.15, 0.2) is 0 Å². The van der Waals surface area contributed by atoms with E-state index in [1.165, 1.54) is 51.0 Å². The summed E-state index contributed by atoms with van der Waals surface area (Å²) in [7, 11) is 0. The molecule has 4 aromatic carbocycles. The summed E-state index contributed by atoms with van der Waals surface area (Å²) in [4.78, 5) is 0. The number of alkyl halides is 6. The summed E-state index contributed by atoms with van der Waals surface area (Å²) in [5.41, 5.74) is 14.6. The van der Waals surface area contributed by atoms with Gasteiger partial charge in [-0.1, -0.05) is 0 Å². The molecule has 0 bridgehead atoms. The number of halogens is 8. The number of hydrogen-bond acceptors (Lipinski definition) is 0. The first-order chi connectivity index (χ1) is 23.2. The van der Waals surface area contributed by atoms with Gasteiger partial charge < -0.3 is 24.8 Å². The zero-order chi connectivity index (χ0) is 36.6. The molecule has 2 aliphatic rings. The second-order valence-corrected chi connectivity index (χ2v) is 26.5. The molecule has 0 heterocycles. The van der Waals surface area contributed by atoms with Crippen LogP contribution in [0.2, 0.25) is 0 Å². The van der Waals surface area contributed by atoms with Gasteiger partial charge in [-0.15, -0.1) is 0 Å². The van der Waals surface area contributed by atoms with Gasteiger partial charge in [-0.2, -0.15) is 0 Å². The molecule has 0 atom stereocenters. The summed E-state index contributed by atoms with van der Waals surface area (Å²) in [5, 5.41) is 0. The fourth-order valence-corrected chi connectivity index (χ4v) is 17.5. The van der Waals surface area contributed by atoms with Crippen LogP contribution in [0.15, 0.2) is 94.3 Å². The third kappa shape index (κ3) is 8.86. The number of allylic oxidation sites excluding steroid dienone is 4. The van der Waals surface area contributed by atoms with Crippen molar-refractivity contribution in [3.8, 4) is 11.1 Å². The summed E-state index contributed by atoms with van der Waals surface area (Å²) in [6.45, 7) is 18.4. The summed E-state index contributed by atoms with van der Waals surface area (Å²) < 4.78 is 0.117. The van der Waals surface area contributed by atoms with Gasteiger partial charge in [-0.05, 0) is 0 Å². The molecule has 0 spiro atoms. The minimum absolute atomic E-state index is 0. The van der Waals surface area contributed by atoms with E-state index < -0.39 is 28.9 Å². The average molecular weight is 934 g/mol. The molecule has 0 nitrogen and oxygen atoms in total. The van der Waals surface area contributed by atoms with E-state index in [0.29, 0.717) is 11.1 Å². The third-order valence-electron chi connectivity index (χ3n) is 10.00. The van der Waals surface area contributed by atoms with Crippen LogP contribution in [-0.2, 0) is 39.7 Å². The van der Waals surface area contributed by atoms with Gasteiger partial charge in [0.1, 0.15) is 0 Å². The monoisotopic (exact) mass is 928 g/mol. The van der Waals surface area contributed by atoms with Gasteiger partial charge in [-0.25, -0.2) is 0 Å². The van der Waals surface area contributed by atoms with Crippen LogP contribution < -0.4 is 24.8 Å². The molecule has 0 radical (unpaired) electrons. The van der Waals surface area contributed by atoms with E-state index in [9.17, 15) is 0 Å². The zero-order valence-corrected chi connectivity index (χ0v) is 39.0. The predicted molar refractivity (Wildman–Crippen MR) is 217 cm³/mol. The van der Waals surface area contributed by atoms with Crippen molar-refractivity contribution in [3.63, 3.8) is 0 Å². The number of aryl methyl sites for hydroxylation is 2. The molecule has 0 saturated carbocycles. The molecule has 0 unspecified atom stereocenters. The van der Waals surface area contributed by atoms with Crippen LogP contribution in [0.4, 0.5) is 0 Å². The maximum absolute atomic E-state index is 6.35. The van der Waals surface area contributed by atoms with Crippen molar-refractivity contribution in [2.24, 2.45) is 0 Å². The predicted octanol–water partition coefficient (Wildman–Crippen LogP) is 8.36. The topological polar surface area (TPSA) is 0 Å². The fraction of sp³-hybridized carbons (Fsp3) is 0.326. The Kier molecular flexibility index (Phi) is 13.7. The quantitative estimate of drug-likeness (QED) is 0.181. The van der Waals surface area contributed by atoms with Crippen molar-refractivity contribution in [1.82, 2.24) is 0 Å². The first kappa shape index (κ1) is 44.2. The molecular formula is C43H42Cl8Zr. The van der Waals surface area contributed by atoms with Gasteiger partial charge >= 0.3 is 339 Å². The van der Waals surface area contributed by atoms with Crippen molar-refractivity contribution in [3.05, 3.63) is 150 Å². The van der Waals surface area contributed by atoms with E-state index in [-0.39, 0.29) is 39.3 Å². The average Bonchev–Trinajstić information content (AvgIpc) is 3.64. The molecule has 274 valence electrons. The van der Waals surface area contributed by atoms with E-state index in [4.69, 9.17) is 69.6 Å². The van der Waals surface area contributed by atoms with E-state index in [0.717, 1.165) is 17.5 Å². The van der Waals surface area contributed by atoms with Crippen molar-refractivity contribution in [1.29, 1.82) is 0 Å². The van der Waals surface area contributed by atoms with Crippen molar-refractivity contribution in [2.75, 3.05) is 0 Å². The smallest absolute Gasteiger partial charge is 1.00 e. The molecule has 0 aliphatic heterocycles. The van der Waals surface area contributed by atoms with Crippen molar-refractivity contribution >= 4 is 72.8 Å². The van der Waals surface area contributed by atoms with Crippen LogP contribution in [0, 0.1) is 13.8 Å². The Bertz CT molecular complexity index is 1930. The van der Waals surface area contributed by atoms with E-state index in [1.54, 1.807) is 0 Å². The Labute approximate surface area is 360 Å². The Balaban J connectivity index is 0.00000302. The first-order valence-corrected chi connectivity index (χ1v) is 23.1. The van der Waals surface area contributed by atoms with Gasteiger partial charge in [-0.3, -0.25) is 0 Å². The molecule has 4 aromatic rings. The van der Waals surface area contributed by atoms with Gasteiger partial charge in [0.25, 0.3) is 0 Å². The molecule has 0 fully saturated rings. The summed E-state index contributed by atoms with van der Waals surface area (Å²) in [5.74, 6) is 0. The van der Waals surface area contributed by atoms with E-state index >= 15 is 0 Å². The molecule has 9 heteroatoms. The summed E-state index contributed by atoms with van der Waals surface area (Å²) >= 11 is 35.1. The first-order valence-electron chi connectivity index (χ1n) is 16.9. The molecule has 52 heavy (non-hydrogen) atoms. The van der Waals surface area contributed by atoms with Crippen molar-refractivity contribution < 1.29 is 46.1 Å². The Hall–Kier alpha value is -0.567. The van der Waals surface area contributed by atoms with E-state index in [1.807, 2.05) is 24.3 Å². The second-order valence-electron chi connectivity index (χ2n) is 15.7. The fourth-order valence-electron chi connectivity index (χ4n) is 7.77. The molecule has 2 aliphatic carbocycles. The number of fused-ring (bicyclic) bond motifs is 3. The van der Waals surface area contributed by atoms with Crippen LogP contribution in [0.5, 0.6) is 0 Å².